The summed E-state index contributed by atoms with van der Waals surface area (Å²) in [6, 6.07) is 6.50. The second-order valence-electron chi connectivity index (χ2n) is 5.58. The number of hydrogen-bond donors (Lipinski definition) is 1. The van der Waals surface area contributed by atoms with E-state index < -0.39 is 23.7 Å². The van der Waals surface area contributed by atoms with Crippen molar-refractivity contribution >= 4 is 35.7 Å². The molecule has 2 aromatic rings. The lowest BCUT2D eigenvalue weighted by Gasteiger charge is -2.11. The number of imide groups is 3. The molecule has 10 heteroatoms. The molecule has 0 aliphatic carbocycles. The number of halogens is 2. The third kappa shape index (κ3) is 3.88. The van der Waals surface area contributed by atoms with Crippen LogP contribution in [0.1, 0.15) is 12.2 Å². The van der Waals surface area contributed by atoms with Gasteiger partial charge >= 0.3 is 6.03 Å². The monoisotopic (exact) mass is 392 g/mol. The second kappa shape index (κ2) is 7.68. The summed E-state index contributed by atoms with van der Waals surface area (Å²) in [6.07, 6.45) is 1.12. The summed E-state index contributed by atoms with van der Waals surface area (Å²) in [5.41, 5.74) is 5.83. The topological polar surface area (TPSA) is 109 Å². The van der Waals surface area contributed by atoms with E-state index in [0.717, 1.165) is 5.01 Å². The molecule has 1 aromatic carbocycles. The second-order valence-corrected chi connectivity index (χ2v) is 5.98. The van der Waals surface area contributed by atoms with E-state index in [1.54, 1.807) is 12.1 Å². The number of nitrogens with zero attached hydrogens (tertiary/aromatic N) is 3. The first kappa shape index (κ1) is 18.7. The molecule has 1 aromatic heterocycles. The number of carbonyl (C=O) groups is 3. The van der Waals surface area contributed by atoms with Crippen LogP contribution in [-0.2, 0) is 9.59 Å². The lowest BCUT2D eigenvalue weighted by molar-refractivity contribution is -0.138. The summed E-state index contributed by atoms with van der Waals surface area (Å²) < 4.78 is 18.8. The van der Waals surface area contributed by atoms with Gasteiger partial charge in [-0.05, 0) is 30.3 Å². The normalized spacial score (nSPS) is 14.6. The van der Waals surface area contributed by atoms with Crippen LogP contribution in [0.4, 0.5) is 9.18 Å². The Morgan fingerprint density at radius 2 is 2.11 bits per heavy atom. The number of urea groups is 1. The molecule has 2 heterocycles. The van der Waals surface area contributed by atoms with Crippen LogP contribution in [0.5, 0.6) is 0 Å². The van der Waals surface area contributed by atoms with Gasteiger partial charge in [0.25, 0.3) is 5.91 Å². The first-order valence-corrected chi connectivity index (χ1v) is 8.25. The van der Waals surface area contributed by atoms with E-state index in [1.165, 1.54) is 24.4 Å². The molecule has 0 bridgehead atoms. The van der Waals surface area contributed by atoms with Gasteiger partial charge in [-0.2, -0.15) is 10.0 Å². The quantitative estimate of drug-likeness (QED) is 0.619. The van der Waals surface area contributed by atoms with Gasteiger partial charge in [0.1, 0.15) is 23.9 Å². The first-order chi connectivity index (χ1) is 12.9. The van der Waals surface area contributed by atoms with Crippen molar-refractivity contribution in [2.45, 2.75) is 6.42 Å². The molecule has 0 unspecified atom stereocenters. The van der Waals surface area contributed by atoms with E-state index in [2.05, 4.69) is 5.10 Å². The molecule has 8 nitrogen and oxygen atoms in total. The lowest BCUT2D eigenvalue weighted by Crippen LogP contribution is -2.38. The smallest absolute Gasteiger partial charge is 0.354 e. The van der Waals surface area contributed by atoms with Crippen LogP contribution in [-0.4, -0.2) is 47.1 Å². The van der Waals surface area contributed by atoms with Gasteiger partial charge in [-0.25, -0.2) is 14.2 Å². The molecule has 1 fully saturated rings. The zero-order valence-electron chi connectivity index (χ0n) is 13.9. The zero-order chi connectivity index (χ0) is 19.6. The Morgan fingerprint density at radius 1 is 1.33 bits per heavy atom. The highest BCUT2D eigenvalue weighted by Gasteiger charge is 2.40. The van der Waals surface area contributed by atoms with Gasteiger partial charge in [-0.1, -0.05) is 11.6 Å². The fourth-order valence-electron chi connectivity index (χ4n) is 2.41. The number of nitrogens with two attached hydrogens (primary N) is 1. The molecule has 0 atom stereocenters. The van der Waals surface area contributed by atoms with Crippen LogP contribution in [0, 0.1) is 5.82 Å². The molecule has 2 N–H and O–H groups in total. The summed E-state index contributed by atoms with van der Waals surface area (Å²) in [4.78, 5) is 36.3. The van der Waals surface area contributed by atoms with Gasteiger partial charge in [0.2, 0.25) is 5.91 Å². The first-order valence-electron chi connectivity index (χ1n) is 7.87. The molecule has 0 saturated carbocycles. The molecule has 4 amide bonds. The number of benzene rings is 1. The Labute approximate surface area is 158 Å². The van der Waals surface area contributed by atoms with Gasteiger partial charge in [0, 0.05) is 18.5 Å². The fraction of sp³-hybridized carbons (Fsp3) is 0.176. The predicted molar refractivity (Wildman–Crippen MR) is 94.3 cm³/mol. The maximum Gasteiger partial charge on any atom is 0.354 e. The van der Waals surface area contributed by atoms with E-state index in [-0.39, 0.29) is 30.3 Å². The van der Waals surface area contributed by atoms with Crippen LogP contribution >= 0.6 is 11.6 Å². The highest BCUT2D eigenvalue weighted by atomic mass is 35.5. The van der Waals surface area contributed by atoms with Crippen molar-refractivity contribution in [1.82, 2.24) is 9.91 Å². The van der Waals surface area contributed by atoms with E-state index in [0.29, 0.717) is 16.2 Å². The summed E-state index contributed by atoms with van der Waals surface area (Å²) in [7, 11) is 0. The molecule has 1 aliphatic rings. The highest BCUT2D eigenvalue weighted by molar-refractivity contribution is 6.31. The van der Waals surface area contributed by atoms with E-state index in [1.807, 2.05) is 0 Å². The average molecular weight is 393 g/mol. The van der Waals surface area contributed by atoms with Crippen LogP contribution < -0.4 is 5.73 Å². The van der Waals surface area contributed by atoms with Crippen molar-refractivity contribution < 1.29 is 23.2 Å². The molecular formula is C17H14ClFN4O4. The molecule has 1 saturated heterocycles. The van der Waals surface area contributed by atoms with E-state index in [4.69, 9.17) is 21.8 Å². The molecule has 1 aliphatic heterocycles. The van der Waals surface area contributed by atoms with Crippen molar-refractivity contribution in [3.63, 3.8) is 0 Å². The van der Waals surface area contributed by atoms with Crippen molar-refractivity contribution in [1.29, 1.82) is 0 Å². The van der Waals surface area contributed by atoms with Gasteiger partial charge in [-0.3, -0.25) is 9.59 Å². The minimum absolute atomic E-state index is 0.0295. The third-order valence-corrected chi connectivity index (χ3v) is 4.00. The molecule has 27 heavy (non-hydrogen) atoms. The molecular weight excluding hydrogens is 379 g/mol. The molecule has 0 radical (unpaired) electrons. The Morgan fingerprint density at radius 3 is 2.81 bits per heavy atom. The Bertz CT molecular complexity index is 943. The highest BCUT2D eigenvalue weighted by Crippen LogP contribution is 2.26. The number of rotatable bonds is 5. The molecule has 0 spiro atoms. The maximum atomic E-state index is 13.2. The van der Waals surface area contributed by atoms with Gasteiger partial charge in [0.05, 0.1) is 11.2 Å². The zero-order valence-corrected chi connectivity index (χ0v) is 14.6. The number of amides is 4. The number of carbonyl (C=O) groups excluding carboxylic acids is 3. The third-order valence-electron chi connectivity index (χ3n) is 3.71. The van der Waals surface area contributed by atoms with E-state index >= 15 is 0 Å². The number of furan rings is 1. The number of hydrazone groups is 1. The average Bonchev–Trinajstić information content (AvgIpc) is 3.20. The van der Waals surface area contributed by atoms with Crippen LogP contribution in [0.15, 0.2) is 39.9 Å². The Kier molecular flexibility index (Phi) is 5.33. The standard InChI is InChI=1S/C17H14ClFN4O4/c18-12-7-10(1-3-13(12)19)14-4-2-11(27-14)8-21-22-9-16(25)23(17(22)26)15(24)5-6-20/h1-4,7-8H,5-6,9,20H2/b21-8+. The summed E-state index contributed by atoms with van der Waals surface area (Å²) in [5, 5.41) is 4.70. The Balaban J connectivity index is 1.73. The fourth-order valence-corrected chi connectivity index (χ4v) is 2.59. The minimum atomic E-state index is -0.841. The Hall–Kier alpha value is -3.04. The SMILES string of the molecule is NCCC(=O)N1C(=O)CN(/N=C/c2ccc(-c3ccc(F)c(Cl)c3)o2)C1=O. The van der Waals surface area contributed by atoms with Gasteiger partial charge in [-0.15, -0.1) is 0 Å². The van der Waals surface area contributed by atoms with Crippen molar-refractivity contribution in [2.75, 3.05) is 13.1 Å². The summed E-state index contributed by atoms with van der Waals surface area (Å²) in [5.74, 6) is -1.17. The molecule has 3 rings (SSSR count). The van der Waals surface area contributed by atoms with Crippen molar-refractivity contribution in [3.05, 3.63) is 46.9 Å². The van der Waals surface area contributed by atoms with Crippen LogP contribution in [0.25, 0.3) is 11.3 Å². The largest absolute Gasteiger partial charge is 0.455 e. The maximum absolute atomic E-state index is 13.2. The van der Waals surface area contributed by atoms with Gasteiger partial charge in [0.15, 0.2) is 0 Å². The molecule has 140 valence electrons. The van der Waals surface area contributed by atoms with Crippen molar-refractivity contribution in [2.24, 2.45) is 10.8 Å². The predicted octanol–water partition coefficient (Wildman–Crippen LogP) is 2.21. The summed E-state index contributed by atoms with van der Waals surface area (Å²) >= 11 is 5.75. The van der Waals surface area contributed by atoms with Crippen LogP contribution in [0.3, 0.4) is 0 Å². The van der Waals surface area contributed by atoms with Crippen LogP contribution in [0.2, 0.25) is 5.02 Å². The minimum Gasteiger partial charge on any atom is -0.455 e. The van der Waals surface area contributed by atoms with E-state index in [9.17, 15) is 18.8 Å². The van der Waals surface area contributed by atoms with Crippen molar-refractivity contribution in [3.8, 4) is 11.3 Å². The lowest BCUT2D eigenvalue weighted by atomic mass is 10.2. The summed E-state index contributed by atoms with van der Waals surface area (Å²) in [6.45, 7) is -0.325. The van der Waals surface area contributed by atoms with Gasteiger partial charge < -0.3 is 10.2 Å². The number of hydrogen-bond acceptors (Lipinski definition) is 6.